The summed E-state index contributed by atoms with van der Waals surface area (Å²) >= 11 is 12.0. The van der Waals surface area contributed by atoms with E-state index in [-0.39, 0.29) is 11.6 Å². The molecule has 1 aliphatic heterocycles. The largest absolute Gasteiger partial charge is 0.356 e. The number of nitrogens with zero attached hydrogens (tertiary/aromatic N) is 5. The van der Waals surface area contributed by atoms with Crippen molar-refractivity contribution in [2.45, 2.75) is 25.4 Å². The predicted molar refractivity (Wildman–Crippen MR) is 127 cm³/mol. The van der Waals surface area contributed by atoms with Gasteiger partial charge in [-0.1, -0.05) is 35.3 Å². The second-order valence-electron chi connectivity index (χ2n) is 7.75. The zero-order valence-electron chi connectivity index (χ0n) is 17.1. The molecular weight excluding hydrogens is 449 g/mol. The Kier molecular flexibility index (Phi) is 5.71. The number of fused-ring (bicyclic) bond motifs is 1. The van der Waals surface area contributed by atoms with Crippen LogP contribution in [0.5, 0.6) is 0 Å². The van der Waals surface area contributed by atoms with Crippen LogP contribution in [0, 0.1) is 0 Å². The zero-order chi connectivity index (χ0) is 22.1. The highest BCUT2D eigenvalue weighted by Gasteiger charge is 2.24. The molecule has 1 aliphatic rings. The minimum atomic E-state index is -0.212. The summed E-state index contributed by atoms with van der Waals surface area (Å²) in [5, 5.41) is 8.62. The van der Waals surface area contributed by atoms with Crippen LogP contribution in [0.25, 0.3) is 11.0 Å². The fraction of sp³-hybridized carbons (Fsp3) is 0.273. The van der Waals surface area contributed by atoms with Crippen LogP contribution in [0.2, 0.25) is 10.0 Å². The number of anilines is 2. The number of hydrogen-bond acceptors (Lipinski definition) is 6. The van der Waals surface area contributed by atoms with E-state index in [1.54, 1.807) is 24.5 Å². The summed E-state index contributed by atoms with van der Waals surface area (Å²) in [5.41, 5.74) is 1.78. The SMILES string of the molecule is O=c1[nH]c(NCc2ccc(Cl)c(Cl)c2)nc2cnn(C3CCN(c4ccccn4)CC3)c12. The summed E-state index contributed by atoms with van der Waals surface area (Å²) in [6.45, 7) is 2.17. The molecule has 1 saturated heterocycles. The molecule has 4 heterocycles. The van der Waals surface area contributed by atoms with Gasteiger partial charge in [0, 0.05) is 25.8 Å². The molecule has 32 heavy (non-hydrogen) atoms. The molecule has 164 valence electrons. The van der Waals surface area contributed by atoms with Crippen molar-refractivity contribution in [3.8, 4) is 0 Å². The lowest BCUT2D eigenvalue weighted by molar-refractivity contribution is 0.374. The lowest BCUT2D eigenvalue weighted by atomic mass is 10.1. The number of pyridine rings is 1. The quantitative estimate of drug-likeness (QED) is 0.453. The first-order valence-corrected chi connectivity index (χ1v) is 11.2. The van der Waals surface area contributed by atoms with Crippen molar-refractivity contribution in [2.24, 2.45) is 0 Å². The fourth-order valence-electron chi connectivity index (χ4n) is 4.05. The van der Waals surface area contributed by atoms with Gasteiger partial charge in [0.1, 0.15) is 11.3 Å². The molecule has 3 aromatic heterocycles. The maximum Gasteiger partial charge on any atom is 0.278 e. The van der Waals surface area contributed by atoms with Crippen molar-refractivity contribution in [2.75, 3.05) is 23.3 Å². The summed E-state index contributed by atoms with van der Waals surface area (Å²) in [5.74, 6) is 1.37. The Morgan fingerprint density at radius 2 is 1.97 bits per heavy atom. The number of benzene rings is 1. The van der Waals surface area contributed by atoms with Crippen molar-refractivity contribution in [3.63, 3.8) is 0 Å². The first kappa shape index (κ1) is 20.8. The molecule has 0 atom stereocenters. The topological polar surface area (TPSA) is 91.7 Å². The smallest absolute Gasteiger partial charge is 0.278 e. The summed E-state index contributed by atoms with van der Waals surface area (Å²) in [7, 11) is 0. The van der Waals surface area contributed by atoms with Gasteiger partial charge in [-0.05, 0) is 42.7 Å². The summed E-state index contributed by atoms with van der Waals surface area (Å²) in [4.78, 5) is 26.9. The normalized spacial score (nSPS) is 14.8. The number of aromatic nitrogens is 5. The number of hydrogen-bond donors (Lipinski definition) is 2. The van der Waals surface area contributed by atoms with Crippen molar-refractivity contribution in [3.05, 3.63) is 74.8 Å². The summed E-state index contributed by atoms with van der Waals surface area (Å²) in [6, 6.07) is 11.5. The van der Waals surface area contributed by atoms with E-state index >= 15 is 0 Å². The van der Waals surface area contributed by atoms with Gasteiger partial charge in [0.25, 0.3) is 5.56 Å². The van der Waals surface area contributed by atoms with Gasteiger partial charge in [0.2, 0.25) is 5.95 Å². The average molecular weight is 470 g/mol. The van der Waals surface area contributed by atoms with E-state index < -0.39 is 0 Å². The number of H-pyrrole nitrogens is 1. The molecule has 8 nitrogen and oxygen atoms in total. The Morgan fingerprint density at radius 1 is 1.12 bits per heavy atom. The molecule has 0 saturated carbocycles. The van der Waals surface area contributed by atoms with Gasteiger partial charge in [-0.3, -0.25) is 14.5 Å². The van der Waals surface area contributed by atoms with Crippen LogP contribution >= 0.6 is 23.2 Å². The monoisotopic (exact) mass is 469 g/mol. The summed E-state index contributed by atoms with van der Waals surface area (Å²) < 4.78 is 1.82. The Bertz CT molecular complexity index is 1300. The molecule has 1 fully saturated rings. The molecule has 5 rings (SSSR count). The second kappa shape index (κ2) is 8.80. The highest BCUT2D eigenvalue weighted by atomic mass is 35.5. The Hall–Kier alpha value is -3.10. The van der Waals surface area contributed by atoms with Crippen molar-refractivity contribution in [1.82, 2.24) is 24.7 Å². The van der Waals surface area contributed by atoms with Gasteiger partial charge >= 0.3 is 0 Å². The molecule has 0 radical (unpaired) electrons. The van der Waals surface area contributed by atoms with Crippen LogP contribution in [0.3, 0.4) is 0 Å². The van der Waals surface area contributed by atoms with Gasteiger partial charge in [0.05, 0.1) is 22.3 Å². The van der Waals surface area contributed by atoms with E-state index in [9.17, 15) is 4.79 Å². The first-order chi connectivity index (χ1) is 15.6. The number of piperidine rings is 1. The van der Waals surface area contributed by atoms with E-state index in [2.05, 4.69) is 30.3 Å². The fourth-order valence-corrected chi connectivity index (χ4v) is 4.37. The highest BCUT2D eigenvalue weighted by molar-refractivity contribution is 6.42. The third-order valence-corrected chi connectivity index (χ3v) is 6.42. The van der Waals surface area contributed by atoms with Crippen LogP contribution in [0.15, 0.2) is 53.6 Å². The Balaban J connectivity index is 1.31. The van der Waals surface area contributed by atoms with E-state index in [1.165, 1.54) is 0 Å². The molecule has 2 N–H and O–H groups in total. The van der Waals surface area contributed by atoms with Gasteiger partial charge in [-0.2, -0.15) is 5.10 Å². The lowest BCUT2D eigenvalue weighted by Crippen LogP contribution is -2.35. The molecule has 0 amide bonds. The molecule has 1 aromatic carbocycles. The Labute approximate surface area is 194 Å². The van der Waals surface area contributed by atoms with E-state index in [1.807, 2.05) is 28.9 Å². The Morgan fingerprint density at radius 3 is 2.72 bits per heavy atom. The van der Waals surface area contributed by atoms with Crippen molar-refractivity contribution >= 4 is 46.0 Å². The maximum atomic E-state index is 12.9. The third kappa shape index (κ3) is 4.16. The van der Waals surface area contributed by atoms with E-state index in [4.69, 9.17) is 23.2 Å². The van der Waals surface area contributed by atoms with Gasteiger partial charge in [0.15, 0.2) is 5.52 Å². The highest BCUT2D eigenvalue weighted by Crippen LogP contribution is 2.27. The third-order valence-electron chi connectivity index (χ3n) is 5.68. The van der Waals surface area contributed by atoms with Gasteiger partial charge in [-0.15, -0.1) is 0 Å². The standard InChI is InChI=1S/C22H21Cl2N7O/c23-16-5-4-14(11-17(16)24)12-26-22-28-18-13-27-31(20(18)21(32)29-22)15-6-9-30(10-7-15)19-3-1-2-8-25-19/h1-5,8,11,13,15H,6-7,9-10,12H2,(H2,26,28,29,32). The molecule has 10 heteroatoms. The first-order valence-electron chi connectivity index (χ1n) is 10.4. The number of halogens is 2. The van der Waals surface area contributed by atoms with Gasteiger partial charge < -0.3 is 10.2 Å². The minimum Gasteiger partial charge on any atom is -0.356 e. The van der Waals surface area contributed by atoms with E-state index in [0.29, 0.717) is 33.6 Å². The molecular formula is C22H21Cl2N7O. The number of aromatic amines is 1. The lowest BCUT2D eigenvalue weighted by Gasteiger charge is -2.32. The second-order valence-corrected chi connectivity index (χ2v) is 8.56. The molecule has 0 bridgehead atoms. The van der Waals surface area contributed by atoms with Crippen LogP contribution in [0.1, 0.15) is 24.4 Å². The maximum absolute atomic E-state index is 12.9. The predicted octanol–water partition coefficient (Wildman–Crippen LogP) is 4.28. The van der Waals surface area contributed by atoms with Gasteiger partial charge in [-0.25, -0.2) is 9.97 Å². The average Bonchev–Trinajstić information content (AvgIpc) is 3.25. The molecule has 4 aromatic rings. The number of rotatable bonds is 5. The molecule has 0 spiro atoms. The minimum absolute atomic E-state index is 0.144. The van der Waals surface area contributed by atoms with Crippen molar-refractivity contribution < 1.29 is 0 Å². The van der Waals surface area contributed by atoms with Crippen LogP contribution < -0.4 is 15.8 Å². The summed E-state index contributed by atoms with van der Waals surface area (Å²) in [6.07, 6.45) is 5.22. The van der Waals surface area contributed by atoms with Crippen molar-refractivity contribution in [1.29, 1.82) is 0 Å². The number of nitrogens with one attached hydrogen (secondary N) is 2. The van der Waals surface area contributed by atoms with E-state index in [0.717, 1.165) is 37.3 Å². The van der Waals surface area contributed by atoms with Crippen LogP contribution in [0.4, 0.5) is 11.8 Å². The van der Waals surface area contributed by atoms with Crippen LogP contribution in [-0.4, -0.2) is 37.8 Å². The van der Waals surface area contributed by atoms with Crippen LogP contribution in [-0.2, 0) is 6.54 Å². The molecule has 0 aliphatic carbocycles. The zero-order valence-corrected chi connectivity index (χ0v) is 18.6. The molecule has 0 unspecified atom stereocenters.